The Morgan fingerprint density at radius 2 is 2.12 bits per heavy atom. The number of hydrogen-bond donors (Lipinski definition) is 2. The van der Waals surface area contributed by atoms with Crippen molar-refractivity contribution in [2.45, 2.75) is 58.7 Å². The van der Waals surface area contributed by atoms with Crippen LogP contribution in [0.5, 0.6) is 0 Å². The number of nitrogens with zero attached hydrogens (tertiary/aromatic N) is 2. The molecule has 17 heavy (non-hydrogen) atoms. The van der Waals surface area contributed by atoms with Crippen LogP contribution in [0.3, 0.4) is 0 Å². The zero-order valence-corrected chi connectivity index (χ0v) is 10.9. The van der Waals surface area contributed by atoms with E-state index in [0.29, 0.717) is 36.5 Å². The van der Waals surface area contributed by atoms with Crippen LogP contribution < -0.4 is 10.6 Å². The molecular formula is C12H22N4O. The topological polar surface area (TPSA) is 63.0 Å². The third kappa shape index (κ3) is 3.70. The van der Waals surface area contributed by atoms with Crippen LogP contribution >= 0.6 is 0 Å². The molecule has 5 heteroatoms. The Morgan fingerprint density at radius 3 is 2.71 bits per heavy atom. The van der Waals surface area contributed by atoms with Crippen molar-refractivity contribution in [3.05, 3.63) is 5.89 Å². The third-order valence-electron chi connectivity index (χ3n) is 3.14. The van der Waals surface area contributed by atoms with Gasteiger partial charge in [0, 0.05) is 12.1 Å². The molecule has 5 nitrogen and oxygen atoms in total. The van der Waals surface area contributed by atoms with Crippen LogP contribution in [0, 0.1) is 5.92 Å². The quantitative estimate of drug-likeness (QED) is 0.762. The van der Waals surface area contributed by atoms with Gasteiger partial charge in [-0.1, -0.05) is 25.9 Å². The largest absolute Gasteiger partial charge is 0.407 e. The molecule has 0 spiro atoms. The molecule has 0 aliphatic heterocycles. The van der Waals surface area contributed by atoms with Gasteiger partial charge in [0.05, 0.1) is 6.54 Å². The smallest absolute Gasteiger partial charge is 0.315 e. The monoisotopic (exact) mass is 238 g/mol. The molecule has 0 amide bonds. The van der Waals surface area contributed by atoms with E-state index in [1.165, 1.54) is 12.8 Å². The van der Waals surface area contributed by atoms with Crippen molar-refractivity contribution >= 4 is 6.01 Å². The zero-order chi connectivity index (χ0) is 12.3. The van der Waals surface area contributed by atoms with Gasteiger partial charge >= 0.3 is 6.01 Å². The summed E-state index contributed by atoms with van der Waals surface area (Å²) in [6.07, 6.45) is 3.59. The Kier molecular flexibility index (Phi) is 3.99. The highest BCUT2D eigenvalue weighted by Gasteiger charge is 2.21. The molecule has 1 aliphatic rings. The molecule has 1 heterocycles. The van der Waals surface area contributed by atoms with Crippen molar-refractivity contribution in [2.24, 2.45) is 5.92 Å². The summed E-state index contributed by atoms with van der Waals surface area (Å²) in [7, 11) is 0. The van der Waals surface area contributed by atoms with E-state index in [2.05, 4.69) is 41.6 Å². The number of anilines is 1. The van der Waals surface area contributed by atoms with E-state index >= 15 is 0 Å². The fourth-order valence-corrected chi connectivity index (χ4v) is 1.80. The van der Waals surface area contributed by atoms with E-state index in [4.69, 9.17) is 4.42 Å². The molecule has 0 aromatic carbocycles. The first-order chi connectivity index (χ1) is 8.19. The molecule has 1 aliphatic carbocycles. The van der Waals surface area contributed by atoms with E-state index in [1.54, 1.807) is 0 Å². The summed E-state index contributed by atoms with van der Waals surface area (Å²) < 4.78 is 5.55. The third-order valence-corrected chi connectivity index (χ3v) is 3.14. The molecule has 1 atom stereocenters. The molecule has 0 radical (unpaired) electrons. The SMILES string of the molecule is CCC(Nc1nnc(CNC2CC2)o1)C(C)C. The van der Waals surface area contributed by atoms with Crippen LogP contribution in [-0.4, -0.2) is 22.3 Å². The van der Waals surface area contributed by atoms with Gasteiger partial charge in [0.1, 0.15) is 0 Å². The first-order valence-electron chi connectivity index (χ1n) is 6.51. The summed E-state index contributed by atoms with van der Waals surface area (Å²) in [5.41, 5.74) is 0. The predicted octanol–water partition coefficient (Wildman–Crippen LogP) is 2.17. The van der Waals surface area contributed by atoms with Crippen LogP contribution in [-0.2, 0) is 6.54 Å². The lowest BCUT2D eigenvalue weighted by atomic mass is 10.0. The summed E-state index contributed by atoms with van der Waals surface area (Å²) in [5, 5.41) is 14.7. The van der Waals surface area contributed by atoms with Crippen LogP contribution in [0.2, 0.25) is 0 Å². The van der Waals surface area contributed by atoms with Gasteiger partial charge in [0.2, 0.25) is 5.89 Å². The van der Waals surface area contributed by atoms with E-state index in [0.717, 1.165) is 6.42 Å². The number of aromatic nitrogens is 2. The molecular weight excluding hydrogens is 216 g/mol. The average Bonchev–Trinajstić information content (AvgIpc) is 3.03. The van der Waals surface area contributed by atoms with E-state index < -0.39 is 0 Å². The highest BCUT2D eigenvalue weighted by molar-refractivity contribution is 5.19. The molecule has 2 N–H and O–H groups in total. The highest BCUT2D eigenvalue weighted by atomic mass is 16.4. The van der Waals surface area contributed by atoms with Gasteiger partial charge in [-0.05, 0) is 25.2 Å². The lowest BCUT2D eigenvalue weighted by molar-refractivity contribution is 0.451. The molecule has 1 saturated carbocycles. The summed E-state index contributed by atoms with van der Waals surface area (Å²) in [6.45, 7) is 7.21. The van der Waals surface area contributed by atoms with E-state index in [1.807, 2.05) is 0 Å². The molecule has 96 valence electrons. The maximum atomic E-state index is 5.55. The second-order valence-electron chi connectivity index (χ2n) is 5.06. The minimum atomic E-state index is 0.389. The van der Waals surface area contributed by atoms with Crippen molar-refractivity contribution < 1.29 is 4.42 Å². The van der Waals surface area contributed by atoms with Crippen molar-refractivity contribution in [1.29, 1.82) is 0 Å². The molecule has 1 aromatic heterocycles. The second-order valence-corrected chi connectivity index (χ2v) is 5.06. The van der Waals surface area contributed by atoms with Gasteiger partial charge in [-0.25, -0.2) is 0 Å². The first kappa shape index (κ1) is 12.4. The van der Waals surface area contributed by atoms with Crippen molar-refractivity contribution in [1.82, 2.24) is 15.5 Å². The second kappa shape index (κ2) is 5.49. The van der Waals surface area contributed by atoms with Gasteiger partial charge in [-0.15, -0.1) is 5.10 Å². The van der Waals surface area contributed by atoms with Gasteiger partial charge in [-0.3, -0.25) is 0 Å². The van der Waals surface area contributed by atoms with Crippen molar-refractivity contribution in [2.75, 3.05) is 5.32 Å². The van der Waals surface area contributed by atoms with E-state index in [-0.39, 0.29) is 0 Å². The van der Waals surface area contributed by atoms with Crippen LogP contribution in [0.1, 0.15) is 45.9 Å². The maximum Gasteiger partial charge on any atom is 0.315 e. The fraction of sp³-hybridized carbons (Fsp3) is 0.833. The van der Waals surface area contributed by atoms with Gasteiger partial charge in [0.15, 0.2) is 0 Å². The maximum absolute atomic E-state index is 5.55. The van der Waals surface area contributed by atoms with Gasteiger partial charge in [-0.2, -0.15) is 0 Å². The minimum Gasteiger partial charge on any atom is -0.407 e. The summed E-state index contributed by atoms with van der Waals surface area (Å²) in [5.74, 6) is 1.22. The first-order valence-corrected chi connectivity index (χ1v) is 6.51. The zero-order valence-electron chi connectivity index (χ0n) is 10.9. The number of nitrogens with one attached hydrogen (secondary N) is 2. The Labute approximate surface area is 102 Å². The van der Waals surface area contributed by atoms with E-state index in [9.17, 15) is 0 Å². The molecule has 1 fully saturated rings. The van der Waals surface area contributed by atoms with Gasteiger partial charge < -0.3 is 15.1 Å². The summed E-state index contributed by atoms with van der Waals surface area (Å²) in [6, 6.07) is 1.59. The van der Waals surface area contributed by atoms with Crippen LogP contribution in [0.4, 0.5) is 6.01 Å². The Morgan fingerprint density at radius 1 is 1.35 bits per heavy atom. The minimum absolute atomic E-state index is 0.389. The molecule has 0 saturated heterocycles. The number of hydrogen-bond acceptors (Lipinski definition) is 5. The predicted molar refractivity (Wildman–Crippen MR) is 66.7 cm³/mol. The summed E-state index contributed by atoms with van der Waals surface area (Å²) in [4.78, 5) is 0. The molecule has 1 aromatic rings. The summed E-state index contributed by atoms with van der Waals surface area (Å²) >= 11 is 0. The average molecular weight is 238 g/mol. The Balaban J connectivity index is 1.83. The molecule has 1 unspecified atom stereocenters. The van der Waals surface area contributed by atoms with Crippen LogP contribution in [0.15, 0.2) is 4.42 Å². The molecule has 2 rings (SSSR count). The van der Waals surface area contributed by atoms with Crippen LogP contribution in [0.25, 0.3) is 0 Å². The van der Waals surface area contributed by atoms with Gasteiger partial charge in [0.25, 0.3) is 0 Å². The standard InChI is InChI=1S/C12H22N4O/c1-4-10(8(2)3)14-12-16-15-11(17-12)7-13-9-5-6-9/h8-10,13H,4-7H2,1-3H3,(H,14,16). The van der Waals surface area contributed by atoms with Crippen molar-refractivity contribution in [3.8, 4) is 0 Å². The lowest BCUT2D eigenvalue weighted by Gasteiger charge is -2.18. The fourth-order valence-electron chi connectivity index (χ4n) is 1.80. The molecule has 0 bridgehead atoms. The lowest BCUT2D eigenvalue weighted by Crippen LogP contribution is -2.24. The number of rotatable bonds is 7. The Bertz CT molecular complexity index is 346. The highest BCUT2D eigenvalue weighted by Crippen LogP contribution is 2.19. The van der Waals surface area contributed by atoms with Crippen molar-refractivity contribution in [3.63, 3.8) is 0 Å². The normalized spacial score (nSPS) is 17.4. The Hall–Kier alpha value is -1.10.